The Balaban J connectivity index is 1.92. The molecule has 0 bridgehead atoms. The molecule has 5 heteroatoms. The molecule has 0 aliphatic carbocycles. The van der Waals surface area contributed by atoms with Crippen LogP contribution in [0.2, 0.25) is 0 Å². The SMILES string of the molecule is COc1ccc(C(=O)NC(=O)N[C@@H](C)c2ccccc2)cc1. The predicted octanol–water partition coefficient (Wildman–Crippen LogP) is 2.90. The van der Waals surface area contributed by atoms with Gasteiger partial charge in [-0.15, -0.1) is 0 Å². The summed E-state index contributed by atoms with van der Waals surface area (Å²) in [5, 5.41) is 5.03. The Morgan fingerprint density at radius 2 is 1.64 bits per heavy atom. The molecule has 2 aromatic rings. The van der Waals surface area contributed by atoms with Crippen molar-refractivity contribution in [3.8, 4) is 5.75 Å². The summed E-state index contributed by atoms with van der Waals surface area (Å²) in [4.78, 5) is 23.8. The highest BCUT2D eigenvalue weighted by Gasteiger charge is 2.13. The van der Waals surface area contributed by atoms with Crippen LogP contribution in [0.4, 0.5) is 4.79 Å². The number of carbonyl (C=O) groups is 2. The topological polar surface area (TPSA) is 67.4 Å². The molecule has 1 atom stereocenters. The van der Waals surface area contributed by atoms with Crippen LogP contribution in [0.5, 0.6) is 5.75 Å². The minimum absolute atomic E-state index is 0.190. The molecule has 5 nitrogen and oxygen atoms in total. The first-order valence-corrected chi connectivity index (χ1v) is 6.91. The Kier molecular flexibility index (Phi) is 5.14. The number of benzene rings is 2. The molecular formula is C17H18N2O3. The number of amides is 3. The van der Waals surface area contributed by atoms with Gasteiger partial charge in [0.05, 0.1) is 13.2 Å². The van der Waals surface area contributed by atoms with Crippen molar-refractivity contribution < 1.29 is 14.3 Å². The van der Waals surface area contributed by atoms with Gasteiger partial charge in [0.15, 0.2) is 0 Å². The van der Waals surface area contributed by atoms with Crippen molar-refractivity contribution in [1.82, 2.24) is 10.6 Å². The summed E-state index contributed by atoms with van der Waals surface area (Å²) >= 11 is 0. The van der Waals surface area contributed by atoms with Gasteiger partial charge in [-0.25, -0.2) is 4.79 Å². The van der Waals surface area contributed by atoms with Crippen molar-refractivity contribution in [2.45, 2.75) is 13.0 Å². The molecule has 0 radical (unpaired) electrons. The van der Waals surface area contributed by atoms with E-state index in [1.54, 1.807) is 31.4 Å². The number of hydrogen-bond donors (Lipinski definition) is 2. The molecule has 0 aliphatic heterocycles. The molecule has 0 aromatic heterocycles. The van der Waals surface area contributed by atoms with Gasteiger partial charge in [0.1, 0.15) is 5.75 Å². The monoisotopic (exact) mass is 298 g/mol. The molecule has 2 N–H and O–H groups in total. The van der Waals surface area contributed by atoms with Crippen LogP contribution in [0.1, 0.15) is 28.9 Å². The van der Waals surface area contributed by atoms with Crippen LogP contribution in [-0.4, -0.2) is 19.0 Å². The first kappa shape index (κ1) is 15.6. The molecule has 0 saturated heterocycles. The average Bonchev–Trinajstić information content (AvgIpc) is 2.55. The van der Waals surface area contributed by atoms with Crippen LogP contribution >= 0.6 is 0 Å². The molecule has 0 aliphatic rings. The second-order valence-electron chi connectivity index (χ2n) is 4.79. The number of nitrogens with one attached hydrogen (secondary N) is 2. The number of hydrogen-bond acceptors (Lipinski definition) is 3. The Bertz CT molecular complexity index is 639. The van der Waals surface area contributed by atoms with E-state index in [2.05, 4.69) is 10.6 Å². The highest BCUT2D eigenvalue weighted by molar-refractivity contribution is 6.04. The molecule has 22 heavy (non-hydrogen) atoms. The standard InChI is InChI=1S/C17H18N2O3/c1-12(13-6-4-3-5-7-13)18-17(21)19-16(20)14-8-10-15(22-2)11-9-14/h3-12H,1-2H3,(H2,18,19,20,21)/t12-/m0/s1. The number of carbonyl (C=O) groups excluding carboxylic acids is 2. The third-order valence-electron chi connectivity index (χ3n) is 3.23. The van der Waals surface area contributed by atoms with E-state index in [0.29, 0.717) is 11.3 Å². The van der Waals surface area contributed by atoms with Crippen LogP contribution in [0.25, 0.3) is 0 Å². The van der Waals surface area contributed by atoms with Crippen LogP contribution < -0.4 is 15.4 Å². The predicted molar refractivity (Wildman–Crippen MR) is 83.8 cm³/mol. The number of urea groups is 1. The highest BCUT2D eigenvalue weighted by Crippen LogP contribution is 2.12. The molecule has 0 unspecified atom stereocenters. The van der Waals surface area contributed by atoms with Crippen molar-refractivity contribution in [2.24, 2.45) is 0 Å². The van der Waals surface area contributed by atoms with Gasteiger partial charge in [0, 0.05) is 5.56 Å². The molecule has 0 fully saturated rings. The minimum Gasteiger partial charge on any atom is -0.497 e. The van der Waals surface area contributed by atoms with Crippen molar-refractivity contribution in [2.75, 3.05) is 7.11 Å². The molecule has 0 heterocycles. The van der Waals surface area contributed by atoms with E-state index in [1.807, 2.05) is 37.3 Å². The Hall–Kier alpha value is -2.82. The van der Waals surface area contributed by atoms with Gasteiger partial charge in [-0.1, -0.05) is 30.3 Å². The van der Waals surface area contributed by atoms with Crippen molar-refractivity contribution in [1.29, 1.82) is 0 Å². The molecule has 0 spiro atoms. The zero-order chi connectivity index (χ0) is 15.9. The summed E-state index contributed by atoms with van der Waals surface area (Å²) in [6, 6.07) is 15.3. The quantitative estimate of drug-likeness (QED) is 0.912. The van der Waals surface area contributed by atoms with E-state index in [1.165, 1.54) is 0 Å². The first-order chi connectivity index (χ1) is 10.6. The van der Waals surface area contributed by atoms with Crippen molar-refractivity contribution >= 4 is 11.9 Å². The molecule has 3 amide bonds. The molecular weight excluding hydrogens is 280 g/mol. The van der Waals surface area contributed by atoms with Gasteiger partial charge < -0.3 is 10.1 Å². The molecule has 114 valence electrons. The van der Waals surface area contributed by atoms with Crippen LogP contribution in [0.15, 0.2) is 54.6 Å². The van der Waals surface area contributed by atoms with Crippen LogP contribution in [0.3, 0.4) is 0 Å². The fraction of sp³-hybridized carbons (Fsp3) is 0.176. The number of rotatable bonds is 4. The van der Waals surface area contributed by atoms with E-state index < -0.39 is 11.9 Å². The third-order valence-corrected chi connectivity index (χ3v) is 3.23. The van der Waals surface area contributed by atoms with E-state index >= 15 is 0 Å². The van der Waals surface area contributed by atoms with E-state index in [4.69, 9.17) is 4.74 Å². The fourth-order valence-electron chi connectivity index (χ4n) is 1.98. The smallest absolute Gasteiger partial charge is 0.322 e. The lowest BCUT2D eigenvalue weighted by Gasteiger charge is -2.14. The summed E-state index contributed by atoms with van der Waals surface area (Å²) in [5.74, 6) is 0.194. The lowest BCUT2D eigenvalue weighted by Crippen LogP contribution is -2.40. The van der Waals surface area contributed by atoms with Gasteiger partial charge in [0.2, 0.25) is 0 Å². The maximum atomic E-state index is 12.0. The van der Waals surface area contributed by atoms with E-state index in [-0.39, 0.29) is 6.04 Å². The van der Waals surface area contributed by atoms with Gasteiger partial charge >= 0.3 is 6.03 Å². The van der Waals surface area contributed by atoms with Crippen molar-refractivity contribution in [3.05, 3.63) is 65.7 Å². The zero-order valence-electron chi connectivity index (χ0n) is 12.5. The van der Waals surface area contributed by atoms with Gasteiger partial charge in [-0.2, -0.15) is 0 Å². The normalized spacial score (nSPS) is 11.4. The van der Waals surface area contributed by atoms with Gasteiger partial charge in [0.25, 0.3) is 5.91 Å². The first-order valence-electron chi connectivity index (χ1n) is 6.91. The highest BCUT2D eigenvalue weighted by atomic mass is 16.5. The van der Waals surface area contributed by atoms with Crippen LogP contribution in [-0.2, 0) is 0 Å². The molecule has 2 rings (SSSR count). The summed E-state index contributed by atoms with van der Waals surface area (Å²) in [6.45, 7) is 1.85. The Labute approximate surface area is 129 Å². The van der Waals surface area contributed by atoms with Gasteiger partial charge in [-0.3, -0.25) is 10.1 Å². The van der Waals surface area contributed by atoms with Crippen LogP contribution in [0, 0.1) is 0 Å². The second kappa shape index (κ2) is 7.26. The lowest BCUT2D eigenvalue weighted by atomic mass is 10.1. The molecule has 0 saturated carbocycles. The number of imide groups is 1. The van der Waals surface area contributed by atoms with E-state index in [0.717, 1.165) is 5.56 Å². The summed E-state index contributed by atoms with van der Waals surface area (Å²) < 4.78 is 5.02. The number of ether oxygens (including phenoxy) is 1. The summed E-state index contributed by atoms with van der Waals surface area (Å²) in [7, 11) is 1.55. The third kappa shape index (κ3) is 4.09. The second-order valence-corrected chi connectivity index (χ2v) is 4.79. The minimum atomic E-state index is -0.530. The maximum absolute atomic E-state index is 12.0. The summed E-state index contributed by atoms with van der Waals surface area (Å²) in [5.41, 5.74) is 1.36. The lowest BCUT2D eigenvalue weighted by molar-refractivity contribution is 0.0963. The maximum Gasteiger partial charge on any atom is 0.322 e. The van der Waals surface area contributed by atoms with Gasteiger partial charge in [-0.05, 0) is 36.8 Å². The average molecular weight is 298 g/mol. The van der Waals surface area contributed by atoms with Crippen molar-refractivity contribution in [3.63, 3.8) is 0 Å². The Morgan fingerprint density at radius 1 is 1.00 bits per heavy atom. The largest absolute Gasteiger partial charge is 0.497 e. The Morgan fingerprint density at radius 3 is 2.23 bits per heavy atom. The summed E-state index contributed by atoms with van der Waals surface area (Å²) in [6.07, 6.45) is 0. The zero-order valence-corrected chi connectivity index (χ0v) is 12.5. The fourth-order valence-corrected chi connectivity index (χ4v) is 1.98. The molecule has 2 aromatic carbocycles. The van der Waals surface area contributed by atoms with E-state index in [9.17, 15) is 9.59 Å². The number of methoxy groups -OCH3 is 1.